The summed E-state index contributed by atoms with van der Waals surface area (Å²) in [4.78, 5) is 31.2. The van der Waals surface area contributed by atoms with Crippen molar-refractivity contribution in [2.75, 3.05) is 29.9 Å². The molecule has 0 saturated carbocycles. The summed E-state index contributed by atoms with van der Waals surface area (Å²) in [7, 11) is 0. The van der Waals surface area contributed by atoms with Crippen LogP contribution in [-0.4, -0.2) is 36.4 Å². The van der Waals surface area contributed by atoms with Crippen molar-refractivity contribution < 1.29 is 9.59 Å². The molecule has 1 aliphatic heterocycles. The second-order valence-corrected chi connectivity index (χ2v) is 7.09. The molecule has 1 fully saturated rings. The molecule has 2 heterocycles. The molecule has 2 amide bonds. The van der Waals surface area contributed by atoms with E-state index in [1.807, 2.05) is 24.3 Å². The van der Waals surface area contributed by atoms with Gasteiger partial charge < -0.3 is 15.5 Å². The lowest BCUT2D eigenvalue weighted by molar-refractivity contribution is 0.0948. The van der Waals surface area contributed by atoms with Crippen LogP contribution in [0.5, 0.6) is 0 Å². The molecule has 2 aromatic rings. The number of nitrogens with one attached hydrogen (secondary N) is 2. The van der Waals surface area contributed by atoms with E-state index in [1.165, 1.54) is 30.8 Å². The summed E-state index contributed by atoms with van der Waals surface area (Å²) in [6.07, 6.45) is 7.07. The molecule has 0 aliphatic carbocycles. The second-order valence-electron chi connectivity index (χ2n) is 7.09. The van der Waals surface area contributed by atoms with Gasteiger partial charge in [0.2, 0.25) is 0 Å². The molecule has 1 aromatic heterocycles. The molecular weight excluding hydrogens is 352 g/mol. The molecule has 3 rings (SSSR count). The van der Waals surface area contributed by atoms with E-state index in [1.54, 1.807) is 6.07 Å². The number of rotatable bonds is 8. The van der Waals surface area contributed by atoms with Crippen molar-refractivity contribution in [1.82, 2.24) is 10.3 Å². The van der Waals surface area contributed by atoms with Crippen molar-refractivity contribution in [1.29, 1.82) is 0 Å². The molecule has 148 valence electrons. The molecule has 6 heteroatoms. The zero-order valence-electron chi connectivity index (χ0n) is 16.4. The van der Waals surface area contributed by atoms with Crippen molar-refractivity contribution in [2.24, 2.45) is 0 Å². The Kier molecular flexibility index (Phi) is 7.00. The van der Waals surface area contributed by atoms with E-state index < -0.39 is 0 Å². The van der Waals surface area contributed by atoms with Crippen LogP contribution in [0.25, 0.3) is 0 Å². The number of benzene rings is 1. The van der Waals surface area contributed by atoms with Crippen LogP contribution >= 0.6 is 0 Å². The average molecular weight is 380 g/mol. The molecule has 28 heavy (non-hydrogen) atoms. The monoisotopic (exact) mass is 380 g/mol. The predicted octanol–water partition coefficient (Wildman–Crippen LogP) is 3.85. The Morgan fingerprint density at radius 3 is 2.50 bits per heavy atom. The average Bonchev–Trinajstić information content (AvgIpc) is 3.26. The van der Waals surface area contributed by atoms with E-state index >= 15 is 0 Å². The van der Waals surface area contributed by atoms with Gasteiger partial charge in [0.25, 0.3) is 11.8 Å². The molecule has 0 spiro atoms. The molecular formula is C22H28N4O2. The summed E-state index contributed by atoms with van der Waals surface area (Å²) in [5, 5.41) is 5.73. The van der Waals surface area contributed by atoms with E-state index in [4.69, 9.17) is 0 Å². The summed E-state index contributed by atoms with van der Waals surface area (Å²) in [5.41, 5.74) is 2.59. The summed E-state index contributed by atoms with van der Waals surface area (Å²) >= 11 is 0. The summed E-state index contributed by atoms with van der Waals surface area (Å²) < 4.78 is 0. The lowest BCUT2D eigenvalue weighted by Gasteiger charge is -2.17. The number of aromatic nitrogens is 1. The number of hydrogen-bond donors (Lipinski definition) is 2. The fraction of sp³-hybridized carbons (Fsp3) is 0.409. The lowest BCUT2D eigenvalue weighted by Crippen LogP contribution is -2.25. The molecule has 0 bridgehead atoms. The Morgan fingerprint density at radius 2 is 1.79 bits per heavy atom. The number of nitrogens with zero attached hydrogens (tertiary/aromatic N) is 2. The zero-order chi connectivity index (χ0) is 19.8. The highest BCUT2D eigenvalue weighted by molar-refractivity contribution is 6.05. The first kappa shape index (κ1) is 19.9. The fourth-order valence-corrected chi connectivity index (χ4v) is 3.30. The van der Waals surface area contributed by atoms with Gasteiger partial charge in [-0.25, -0.2) is 0 Å². The van der Waals surface area contributed by atoms with Crippen LogP contribution in [-0.2, 0) is 0 Å². The lowest BCUT2D eigenvalue weighted by atomic mass is 10.2. The van der Waals surface area contributed by atoms with Crippen LogP contribution in [0, 0.1) is 0 Å². The van der Waals surface area contributed by atoms with Gasteiger partial charge in [0.15, 0.2) is 0 Å². The number of hydrogen-bond acceptors (Lipinski definition) is 4. The van der Waals surface area contributed by atoms with Gasteiger partial charge >= 0.3 is 0 Å². The molecule has 1 aliphatic rings. The van der Waals surface area contributed by atoms with E-state index in [-0.39, 0.29) is 17.5 Å². The molecule has 2 N–H and O–H groups in total. The topological polar surface area (TPSA) is 74.3 Å². The first-order chi connectivity index (χ1) is 13.7. The Bertz CT molecular complexity index is 798. The third-order valence-electron chi connectivity index (χ3n) is 4.92. The maximum atomic E-state index is 12.5. The van der Waals surface area contributed by atoms with Gasteiger partial charge in [0.1, 0.15) is 5.69 Å². The van der Waals surface area contributed by atoms with E-state index in [0.717, 1.165) is 38.0 Å². The van der Waals surface area contributed by atoms with Crippen molar-refractivity contribution in [2.45, 2.75) is 39.0 Å². The number of carbonyl (C=O) groups is 2. The number of unbranched alkanes of at least 4 members (excludes halogenated alkanes) is 2. The Balaban J connectivity index is 1.58. The van der Waals surface area contributed by atoms with Crippen LogP contribution in [0.1, 0.15) is 59.9 Å². The van der Waals surface area contributed by atoms with E-state index in [9.17, 15) is 9.59 Å². The van der Waals surface area contributed by atoms with Gasteiger partial charge in [-0.3, -0.25) is 14.6 Å². The van der Waals surface area contributed by atoms with Crippen molar-refractivity contribution >= 4 is 23.2 Å². The minimum absolute atomic E-state index is 0.249. The Labute approximate surface area is 166 Å². The number of carbonyl (C=O) groups excluding carboxylic acids is 2. The molecule has 0 unspecified atom stereocenters. The summed E-state index contributed by atoms with van der Waals surface area (Å²) in [6, 6.07) is 11.0. The Morgan fingerprint density at radius 1 is 1.04 bits per heavy atom. The third-order valence-corrected chi connectivity index (χ3v) is 4.92. The molecule has 0 radical (unpaired) electrons. The quantitative estimate of drug-likeness (QED) is 0.682. The standard InChI is InChI=1S/C22H28N4O2/c1-2-3-4-12-24-22(28)20-16-17(11-13-23-20)21(27)25-18-7-9-19(10-8-18)26-14-5-6-15-26/h7-11,13,16H,2-6,12,14-15H2,1H3,(H,24,28)(H,25,27). The Hall–Kier alpha value is -2.89. The van der Waals surface area contributed by atoms with Gasteiger partial charge in [0.05, 0.1) is 0 Å². The fourth-order valence-electron chi connectivity index (χ4n) is 3.30. The van der Waals surface area contributed by atoms with Gasteiger partial charge in [-0.05, 0) is 55.7 Å². The summed E-state index contributed by atoms with van der Waals surface area (Å²) in [5.74, 6) is -0.503. The SMILES string of the molecule is CCCCCNC(=O)c1cc(C(=O)Nc2ccc(N3CCCC3)cc2)ccn1. The van der Waals surface area contributed by atoms with Crippen LogP contribution in [0.4, 0.5) is 11.4 Å². The highest BCUT2D eigenvalue weighted by atomic mass is 16.2. The van der Waals surface area contributed by atoms with Crippen LogP contribution in [0.15, 0.2) is 42.6 Å². The van der Waals surface area contributed by atoms with Gasteiger partial charge in [-0.2, -0.15) is 0 Å². The first-order valence-corrected chi connectivity index (χ1v) is 10.1. The van der Waals surface area contributed by atoms with Crippen molar-refractivity contribution in [3.8, 4) is 0 Å². The largest absolute Gasteiger partial charge is 0.372 e. The highest BCUT2D eigenvalue weighted by Gasteiger charge is 2.14. The number of amides is 2. The normalized spacial score (nSPS) is 13.4. The summed E-state index contributed by atoms with van der Waals surface area (Å²) in [6.45, 7) is 4.91. The molecule has 6 nitrogen and oxygen atoms in total. The number of pyridine rings is 1. The first-order valence-electron chi connectivity index (χ1n) is 10.1. The van der Waals surface area contributed by atoms with Crippen LogP contribution < -0.4 is 15.5 Å². The second kappa shape index (κ2) is 9.88. The molecule has 1 saturated heterocycles. The third kappa shape index (κ3) is 5.31. The minimum Gasteiger partial charge on any atom is -0.372 e. The number of anilines is 2. The van der Waals surface area contributed by atoms with Crippen LogP contribution in [0.2, 0.25) is 0 Å². The molecule has 1 aromatic carbocycles. The predicted molar refractivity (Wildman–Crippen MR) is 112 cm³/mol. The minimum atomic E-state index is -0.253. The highest BCUT2D eigenvalue weighted by Crippen LogP contribution is 2.22. The molecule has 0 atom stereocenters. The van der Waals surface area contributed by atoms with Crippen molar-refractivity contribution in [3.63, 3.8) is 0 Å². The maximum absolute atomic E-state index is 12.5. The van der Waals surface area contributed by atoms with E-state index in [0.29, 0.717) is 12.1 Å². The maximum Gasteiger partial charge on any atom is 0.269 e. The van der Waals surface area contributed by atoms with Crippen molar-refractivity contribution in [3.05, 3.63) is 53.9 Å². The smallest absolute Gasteiger partial charge is 0.269 e. The van der Waals surface area contributed by atoms with Crippen LogP contribution in [0.3, 0.4) is 0 Å². The van der Waals surface area contributed by atoms with E-state index in [2.05, 4.69) is 27.4 Å². The zero-order valence-corrected chi connectivity index (χ0v) is 16.4. The van der Waals surface area contributed by atoms with Gasteiger partial charge in [0, 0.05) is 42.8 Å². The van der Waals surface area contributed by atoms with Gasteiger partial charge in [-0.15, -0.1) is 0 Å². The van der Waals surface area contributed by atoms with Gasteiger partial charge in [-0.1, -0.05) is 19.8 Å².